The van der Waals surface area contributed by atoms with Crippen molar-refractivity contribution in [2.75, 3.05) is 44.8 Å². The quantitative estimate of drug-likeness (QED) is 0.728. The van der Waals surface area contributed by atoms with Crippen molar-refractivity contribution in [1.29, 1.82) is 5.26 Å². The van der Waals surface area contributed by atoms with E-state index in [1.165, 1.54) is 12.1 Å². The van der Waals surface area contributed by atoms with Crippen molar-refractivity contribution in [2.24, 2.45) is 11.3 Å². The number of carbonyl (C=O) groups is 1. The molecule has 0 aliphatic carbocycles. The maximum absolute atomic E-state index is 13.4. The summed E-state index contributed by atoms with van der Waals surface area (Å²) < 4.78 is 45.5. The van der Waals surface area contributed by atoms with E-state index in [2.05, 4.69) is 0 Å². The van der Waals surface area contributed by atoms with Crippen LogP contribution < -0.4 is 9.64 Å². The summed E-state index contributed by atoms with van der Waals surface area (Å²) in [6, 6.07) is 12.3. The van der Waals surface area contributed by atoms with Gasteiger partial charge in [-0.15, -0.1) is 0 Å². The van der Waals surface area contributed by atoms with Gasteiger partial charge in [-0.3, -0.25) is 4.79 Å². The number of carbonyl (C=O) groups excluding carboxylic acids is 1. The molecular weight excluding hydrogens is 447 g/mol. The van der Waals surface area contributed by atoms with Gasteiger partial charge >= 0.3 is 6.18 Å². The summed E-state index contributed by atoms with van der Waals surface area (Å²) in [5, 5.41) is 19.1. The number of aliphatic hydroxyl groups excluding tert-OH is 1. The van der Waals surface area contributed by atoms with Gasteiger partial charge in [0, 0.05) is 50.0 Å². The predicted molar refractivity (Wildman–Crippen MR) is 120 cm³/mol. The van der Waals surface area contributed by atoms with E-state index in [0.717, 1.165) is 6.07 Å². The molecule has 0 aromatic heterocycles. The largest absolute Gasteiger partial charge is 0.497 e. The van der Waals surface area contributed by atoms with Crippen LogP contribution in [0.15, 0.2) is 42.5 Å². The molecule has 1 unspecified atom stereocenters. The van der Waals surface area contributed by atoms with Crippen LogP contribution in [0.2, 0.25) is 0 Å². The molecule has 34 heavy (non-hydrogen) atoms. The van der Waals surface area contributed by atoms with E-state index in [0.29, 0.717) is 56.0 Å². The van der Waals surface area contributed by atoms with Crippen LogP contribution in [-0.4, -0.2) is 55.8 Å². The van der Waals surface area contributed by atoms with E-state index in [1.807, 2.05) is 4.90 Å². The number of hydrogen-bond donors (Lipinski definition) is 1. The van der Waals surface area contributed by atoms with E-state index in [-0.39, 0.29) is 23.8 Å². The molecule has 180 valence electrons. The van der Waals surface area contributed by atoms with Crippen LogP contribution in [0.5, 0.6) is 5.75 Å². The van der Waals surface area contributed by atoms with Gasteiger partial charge < -0.3 is 19.6 Å². The van der Waals surface area contributed by atoms with Crippen LogP contribution in [0.4, 0.5) is 18.9 Å². The molecule has 2 fully saturated rings. The minimum absolute atomic E-state index is 0.0742. The monoisotopic (exact) mass is 473 g/mol. The van der Waals surface area contributed by atoms with E-state index >= 15 is 0 Å². The number of amides is 1. The molecule has 9 heteroatoms. The third-order valence-corrected chi connectivity index (χ3v) is 7.21. The Morgan fingerprint density at radius 1 is 1.21 bits per heavy atom. The SMILES string of the molecule is COc1ccc(C(=O)N2CCC3(CC2)CN(c2ccc(C#N)c(C(F)(F)F)c2)CC3CO)cc1. The topological polar surface area (TPSA) is 76.8 Å². The molecule has 1 amide bonds. The summed E-state index contributed by atoms with van der Waals surface area (Å²) in [5.74, 6) is 0.480. The summed E-state index contributed by atoms with van der Waals surface area (Å²) in [5.41, 5.74) is -0.695. The van der Waals surface area contributed by atoms with E-state index < -0.39 is 17.3 Å². The van der Waals surface area contributed by atoms with Crippen LogP contribution in [0.1, 0.15) is 34.3 Å². The number of methoxy groups -OCH3 is 1. The number of anilines is 1. The summed E-state index contributed by atoms with van der Waals surface area (Å²) in [6.07, 6.45) is -3.32. The lowest BCUT2D eigenvalue weighted by molar-refractivity contribution is -0.137. The minimum atomic E-state index is -4.62. The number of halogens is 3. The van der Waals surface area contributed by atoms with Crippen LogP contribution in [-0.2, 0) is 6.18 Å². The first kappa shape index (κ1) is 23.9. The Balaban J connectivity index is 1.49. The first-order chi connectivity index (χ1) is 16.2. The molecule has 0 radical (unpaired) electrons. The second-order valence-corrected chi connectivity index (χ2v) is 8.98. The second kappa shape index (κ2) is 9.18. The lowest BCUT2D eigenvalue weighted by Gasteiger charge is -2.42. The van der Waals surface area contributed by atoms with Crippen LogP contribution in [0, 0.1) is 22.7 Å². The van der Waals surface area contributed by atoms with Crippen LogP contribution in [0.3, 0.4) is 0 Å². The highest BCUT2D eigenvalue weighted by atomic mass is 19.4. The summed E-state index contributed by atoms with van der Waals surface area (Å²) in [7, 11) is 1.56. The van der Waals surface area contributed by atoms with Gasteiger partial charge in [0.05, 0.1) is 24.3 Å². The molecule has 1 spiro atoms. The maximum atomic E-state index is 13.4. The van der Waals surface area contributed by atoms with Gasteiger partial charge in [-0.05, 0) is 60.7 Å². The number of likely N-dealkylation sites (tertiary alicyclic amines) is 1. The lowest BCUT2D eigenvalue weighted by atomic mass is 9.71. The maximum Gasteiger partial charge on any atom is 0.417 e. The predicted octanol–water partition coefficient (Wildman–Crippen LogP) is 3.94. The Bertz CT molecular complexity index is 1090. The van der Waals surface area contributed by atoms with Crippen molar-refractivity contribution < 1.29 is 27.8 Å². The molecule has 2 aliphatic heterocycles. The van der Waals surface area contributed by atoms with Crippen molar-refractivity contribution in [3.63, 3.8) is 0 Å². The number of nitrogens with zero attached hydrogens (tertiary/aromatic N) is 3. The molecule has 0 saturated carbocycles. The zero-order valence-electron chi connectivity index (χ0n) is 18.8. The Morgan fingerprint density at radius 2 is 1.88 bits per heavy atom. The average Bonchev–Trinajstić information content (AvgIpc) is 3.21. The van der Waals surface area contributed by atoms with Crippen LogP contribution >= 0.6 is 0 Å². The highest BCUT2D eigenvalue weighted by molar-refractivity contribution is 5.94. The Morgan fingerprint density at radius 3 is 2.44 bits per heavy atom. The zero-order chi connectivity index (χ0) is 24.5. The fourth-order valence-corrected chi connectivity index (χ4v) is 5.18. The molecule has 2 aromatic rings. The first-order valence-electron chi connectivity index (χ1n) is 11.1. The standard InChI is InChI=1S/C25H26F3N3O3/c1-34-21-6-3-17(4-7-21)23(33)30-10-8-24(9-11-30)16-31(14-19(24)15-32)20-5-2-18(13-29)22(12-20)25(26,27)28/h2-7,12,19,32H,8-11,14-16H2,1H3. The first-order valence-corrected chi connectivity index (χ1v) is 11.1. The molecule has 1 atom stereocenters. The number of ether oxygens (including phenoxy) is 1. The van der Waals surface area contributed by atoms with Crippen molar-refractivity contribution in [3.05, 3.63) is 59.2 Å². The Kier molecular flexibility index (Phi) is 6.45. The number of nitriles is 1. The second-order valence-electron chi connectivity index (χ2n) is 8.98. The van der Waals surface area contributed by atoms with Crippen molar-refractivity contribution >= 4 is 11.6 Å². The van der Waals surface area contributed by atoms with Crippen molar-refractivity contribution in [3.8, 4) is 11.8 Å². The number of alkyl halides is 3. The average molecular weight is 473 g/mol. The molecule has 2 heterocycles. The normalized spacial score (nSPS) is 19.8. The zero-order valence-corrected chi connectivity index (χ0v) is 18.8. The number of rotatable bonds is 4. The molecule has 2 aromatic carbocycles. The summed E-state index contributed by atoms with van der Waals surface area (Å²) in [6.45, 7) is 1.86. The fourth-order valence-electron chi connectivity index (χ4n) is 5.18. The molecule has 4 rings (SSSR count). The highest BCUT2D eigenvalue weighted by Crippen LogP contribution is 2.46. The lowest BCUT2D eigenvalue weighted by Crippen LogP contribution is -2.47. The number of benzene rings is 2. The summed E-state index contributed by atoms with van der Waals surface area (Å²) >= 11 is 0. The Labute approximate surface area is 196 Å². The van der Waals surface area contributed by atoms with Gasteiger partial charge in [-0.1, -0.05) is 0 Å². The smallest absolute Gasteiger partial charge is 0.417 e. The van der Waals surface area contributed by atoms with Crippen LogP contribution in [0.25, 0.3) is 0 Å². The Hall–Kier alpha value is -3.25. The molecular formula is C25H26F3N3O3. The number of aliphatic hydroxyl groups is 1. The molecule has 1 N–H and O–H groups in total. The van der Waals surface area contributed by atoms with Gasteiger partial charge in [0.1, 0.15) is 5.75 Å². The molecule has 6 nitrogen and oxygen atoms in total. The third-order valence-electron chi connectivity index (χ3n) is 7.21. The van der Waals surface area contributed by atoms with Gasteiger partial charge in [-0.2, -0.15) is 18.4 Å². The van der Waals surface area contributed by atoms with Gasteiger partial charge in [0.25, 0.3) is 5.91 Å². The van der Waals surface area contributed by atoms with Crippen molar-refractivity contribution in [2.45, 2.75) is 19.0 Å². The highest BCUT2D eigenvalue weighted by Gasteiger charge is 2.48. The molecule has 2 aliphatic rings. The fraction of sp³-hybridized carbons (Fsp3) is 0.440. The molecule has 2 saturated heterocycles. The minimum Gasteiger partial charge on any atom is -0.497 e. The van der Waals surface area contributed by atoms with Crippen molar-refractivity contribution in [1.82, 2.24) is 4.90 Å². The van der Waals surface area contributed by atoms with E-state index in [9.17, 15) is 23.1 Å². The van der Waals surface area contributed by atoms with Gasteiger partial charge in [-0.25, -0.2) is 0 Å². The number of hydrogen-bond acceptors (Lipinski definition) is 5. The van der Waals surface area contributed by atoms with Gasteiger partial charge in [0.2, 0.25) is 0 Å². The summed E-state index contributed by atoms with van der Waals surface area (Å²) in [4.78, 5) is 16.6. The molecule has 0 bridgehead atoms. The number of piperidine rings is 1. The van der Waals surface area contributed by atoms with E-state index in [4.69, 9.17) is 10.00 Å². The third kappa shape index (κ3) is 4.42. The van der Waals surface area contributed by atoms with E-state index in [1.54, 1.807) is 42.3 Å². The van der Waals surface area contributed by atoms with Gasteiger partial charge in [0.15, 0.2) is 0 Å².